The Balaban J connectivity index is 1.90. The maximum absolute atomic E-state index is 12.8. The van der Waals surface area contributed by atoms with Gasteiger partial charge in [0.05, 0.1) is 11.8 Å². The number of benzene rings is 1. The molecule has 2 heterocycles. The van der Waals surface area contributed by atoms with Gasteiger partial charge in [-0.15, -0.1) is 0 Å². The van der Waals surface area contributed by atoms with Crippen LogP contribution in [-0.2, 0) is 0 Å². The first-order valence-electron chi connectivity index (χ1n) is 8.21. The molecular formula is C18H21N3O3. The summed E-state index contributed by atoms with van der Waals surface area (Å²) in [6.45, 7) is 2.39. The molecule has 1 fully saturated rings. The normalized spacial score (nSPS) is 18.6. The Hall–Kier alpha value is -2.47. The fourth-order valence-corrected chi connectivity index (χ4v) is 3.17. The van der Waals surface area contributed by atoms with Crippen molar-refractivity contribution in [2.75, 3.05) is 6.54 Å². The minimum Gasteiger partial charge on any atom is -0.393 e. The maximum Gasteiger partial charge on any atom is 0.274 e. The molecule has 1 aromatic carbocycles. The smallest absolute Gasteiger partial charge is 0.274 e. The Morgan fingerprint density at radius 3 is 2.75 bits per heavy atom. The van der Waals surface area contributed by atoms with E-state index in [9.17, 15) is 14.7 Å². The second-order valence-corrected chi connectivity index (χ2v) is 6.18. The van der Waals surface area contributed by atoms with Crippen LogP contribution >= 0.6 is 0 Å². The van der Waals surface area contributed by atoms with Gasteiger partial charge in [-0.1, -0.05) is 18.2 Å². The van der Waals surface area contributed by atoms with Crippen molar-refractivity contribution in [2.24, 2.45) is 0 Å². The molecule has 1 aliphatic rings. The predicted molar refractivity (Wildman–Crippen MR) is 90.2 cm³/mol. The third kappa shape index (κ3) is 3.38. The molecule has 0 saturated carbocycles. The first-order valence-corrected chi connectivity index (χ1v) is 8.21. The number of para-hydroxylation sites is 1. The fraction of sp³-hybridized carbons (Fsp3) is 0.389. The summed E-state index contributed by atoms with van der Waals surface area (Å²) in [5.74, 6) is -0.192. The molecule has 1 saturated heterocycles. The van der Waals surface area contributed by atoms with Crippen LogP contribution in [0.2, 0.25) is 0 Å². The Bertz CT molecular complexity index is 771. The summed E-state index contributed by atoms with van der Waals surface area (Å²) in [5, 5.41) is 13.9. The summed E-state index contributed by atoms with van der Waals surface area (Å²) in [6.07, 6.45) is 1.91. The number of nitrogens with zero attached hydrogens (tertiary/aromatic N) is 3. The van der Waals surface area contributed by atoms with Gasteiger partial charge >= 0.3 is 0 Å². The molecule has 2 atom stereocenters. The lowest BCUT2D eigenvalue weighted by atomic mass is 10.1. The lowest BCUT2D eigenvalue weighted by molar-refractivity contribution is 0.0674. The summed E-state index contributed by atoms with van der Waals surface area (Å²) >= 11 is 0. The Morgan fingerprint density at radius 1 is 1.29 bits per heavy atom. The number of aliphatic hydroxyl groups excluding tert-OH is 1. The highest BCUT2D eigenvalue weighted by atomic mass is 16.3. The van der Waals surface area contributed by atoms with Crippen LogP contribution in [0.4, 0.5) is 0 Å². The third-order valence-corrected chi connectivity index (χ3v) is 4.27. The van der Waals surface area contributed by atoms with E-state index in [2.05, 4.69) is 5.10 Å². The van der Waals surface area contributed by atoms with Gasteiger partial charge in [0, 0.05) is 18.7 Å². The summed E-state index contributed by atoms with van der Waals surface area (Å²) in [6, 6.07) is 11.9. The highest BCUT2D eigenvalue weighted by Gasteiger charge is 2.31. The average Bonchev–Trinajstić information content (AvgIpc) is 3.03. The van der Waals surface area contributed by atoms with Crippen LogP contribution in [-0.4, -0.2) is 44.4 Å². The van der Waals surface area contributed by atoms with Crippen LogP contribution in [0.25, 0.3) is 5.69 Å². The van der Waals surface area contributed by atoms with E-state index in [-0.39, 0.29) is 23.2 Å². The van der Waals surface area contributed by atoms with Gasteiger partial charge in [0.1, 0.15) is 5.69 Å². The van der Waals surface area contributed by atoms with Crippen molar-refractivity contribution in [1.82, 2.24) is 14.7 Å². The van der Waals surface area contributed by atoms with Crippen LogP contribution in [0.5, 0.6) is 0 Å². The average molecular weight is 327 g/mol. The Labute approximate surface area is 140 Å². The number of rotatable bonds is 4. The molecule has 0 bridgehead atoms. The van der Waals surface area contributed by atoms with E-state index in [0.29, 0.717) is 18.7 Å². The Morgan fingerprint density at radius 2 is 2.04 bits per heavy atom. The summed E-state index contributed by atoms with van der Waals surface area (Å²) < 4.78 is 1.24. The molecule has 24 heavy (non-hydrogen) atoms. The van der Waals surface area contributed by atoms with Crippen molar-refractivity contribution in [3.63, 3.8) is 0 Å². The van der Waals surface area contributed by atoms with Crippen LogP contribution in [0, 0.1) is 0 Å². The van der Waals surface area contributed by atoms with Crippen molar-refractivity contribution in [2.45, 2.75) is 38.3 Å². The molecule has 1 aliphatic heterocycles. The van der Waals surface area contributed by atoms with Crippen molar-refractivity contribution in [3.05, 3.63) is 58.5 Å². The molecule has 3 rings (SSSR count). The molecule has 1 N–H and O–H groups in total. The van der Waals surface area contributed by atoms with Gasteiger partial charge in [0.25, 0.3) is 11.5 Å². The zero-order chi connectivity index (χ0) is 17.1. The molecule has 0 aliphatic carbocycles. The van der Waals surface area contributed by atoms with Crippen molar-refractivity contribution in [3.8, 4) is 5.69 Å². The van der Waals surface area contributed by atoms with E-state index in [4.69, 9.17) is 0 Å². The molecule has 6 nitrogen and oxygen atoms in total. The van der Waals surface area contributed by atoms with E-state index in [1.54, 1.807) is 24.0 Å². The van der Waals surface area contributed by atoms with Crippen LogP contribution in [0.3, 0.4) is 0 Å². The SMILES string of the molecule is CC(O)CC1CCCN1C(=O)c1ccc(=O)n(-c2ccccc2)n1. The van der Waals surface area contributed by atoms with Crippen molar-refractivity contribution in [1.29, 1.82) is 0 Å². The number of aliphatic hydroxyl groups is 1. The van der Waals surface area contributed by atoms with Gasteiger partial charge in [-0.2, -0.15) is 9.78 Å². The molecule has 1 amide bonds. The summed E-state index contributed by atoms with van der Waals surface area (Å²) in [7, 11) is 0. The fourth-order valence-electron chi connectivity index (χ4n) is 3.17. The zero-order valence-corrected chi connectivity index (χ0v) is 13.6. The van der Waals surface area contributed by atoms with E-state index in [0.717, 1.165) is 12.8 Å². The first-order chi connectivity index (χ1) is 11.6. The summed E-state index contributed by atoms with van der Waals surface area (Å²) in [5.41, 5.74) is 0.592. The van der Waals surface area contributed by atoms with E-state index < -0.39 is 6.10 Å². The number of carbonyl (C=O) groups is 1. The van der Waals surface area contributed by atoms with Crippen LogP contribution in [0.15, 0.2) is 47.3 Å². The summed E-state index contributed by atoms with van der Waals surface area (Å²) in [4.78, 5) is 26.6. The Kier molecular flexibility index (Phi) is 4.76. The molecular weight excluding hydrogens is 306 g/mol. The van der Waals surface area contributed by atoms with Gasteiger partial charge < -0.3 is 10.0 Å². The number of amides is 1. The molecule has 2 unspecified atom stereocenters. The number of aromatic nitrogens is 2. The van der Waals surface area contributed by atoms with E-state index in [1.807, 2.05) is 18.2 Å². The highest BCUT2D eigenvalue weighted by Crippen LogP contribution is 2.23. The number of hydrogen-bond acceptors (Lipinski definition) is 4. The van der Waals surface area contributed by atoms with E-state index >= 15 is 0 Å². The highest BCUT2D eigenvalue weighted by molar-refractivity contribution is 5.92. The minimum atomic E-state index is -0.449. The zero-order valence-electron chi connectivity index (χ0n) is 13.6. The van der Waals surface area contributed by atoms with Gasteiger partial charge in [-0.3, -0.25) is 9.59 Å². The molecule has 6 heteroatoms. The largest absolute Gasteiger partial charge is 0.393 e. The van der Waals surface area contributed by atoms with E-state index in [1.165, 1.54) is 16.8 Å². The first kappa shape index (κ1) is 16.4. The third-order valence-electron chi connectivity index (χ3n) is 4.27. The van der Waals surface area contributed by atoms with Gasteiger partial charge in [0.15, 0.2) is 0 Å². The van der Waals surface area contributed by atoms with Gasteiger partial charge in [-0.05, 0) is 44.4 Å². The molecule has 126 valence electrons. The molecule has 2 aromatic rings. The molecule has 0 spiro atoms. The monoisotopic (exact) mass is 327 g/mol. The lowest BCUT2D eigenvalue weighted by Crippen LogP contribution is -2.38. The second-order valence-electron chi connectivity index (χ2n) is 6.18. The number of likely N-dealkylation sites (tertiary alicyclic amines) is 1. The quantitative estimate of drug-likeness (QED) is 0.926. The number of carbonyl (C=O) groups excluding carboxylic acids is 1. The van der Waals surface area contributed by atoms with Crippen molar-refractivity contribution >= 4 is 5.91 Å². The second kappa shape index (κ2) is 6.97. The van der Waals surface area contributed by atoms with Gasteiger partial charge in [-0.25, -0.2) is 0 Å². The topological polar surface area (TPSA) is 75.4 Å². The van der Waals surface area contributed by atoms with Crippen LogP contribution < -0.4 is 5.56 Å². The predicted octanol–water partition coefficient (Wildman–Crippen LogP) is 1.61. The number of hydrogen-bond donors (Lipinski definition) is 1. The van der Waals surface area contributed by atoms with Crippen molar-refractivity contribution < 1.29 is 9.90 Å². The van der Waals surface area contributed by atoms with Crippen LogP contribution in [0.1, 0.15) is 36.7 Å². The minimum absolute atomic E-state index is 0.0244. The van der Waals surface area contributed by atoms with Gasteiger partial charge in [0.2, 0.25) is 0 Å². The standard InChI is InChI=1S/C18H21N3O3/c1-13(22)12-15-8-5-11-20(15)18(24)16-9-10-17(23)21(19-16)14-6-3-2-4-7-14/h2-4,6-7,9-10,13,15,22H,5,8,11-12H2,1H3. The lowest BCUT2D eigenvalue weighted by Gasteiger charge is -2.25. The molecule has 0 radical (unpaired) electrons. The maximum atomic E-state index is 12.8. The molecule has 1 aromatic heterocycles.